The van der Waals surface area contributed by atoms with Gasteiger partial charge in [-0.1, -0.05) is 16.9 Å². The van der Waals surface area contributed by atoms with Gasteiger partial charge >= 0.3 is 10.2 Å². The largest absolute Gasteiger partial charge is 0.350 e. The van der Waals surface area contributed by atoms with Gasteiger partial charge < -0.3 is 0 Å². The molecule has 0 spiro atoms. The molecular weight excluding hydrogens is 255 g/mol. The van der Waals surface area contributed by atoms with Gasteiger partial charge in [-0.05, 0) is 30.9 Å². The van der Waals surface area contributed by atoms with Gasteiger partial charge in [0, 0.05) is 12.1 Å². The molecule has 2 aromatic heterocycles. The van der Waals surface area contributed by atoms with Crippen LogP contribution in [0.2, 0.25) is 0 Å². The maximum absolute atomic E-state index is 13.5. The molecule has 18 heavy (non-hydrogen) atoms. The monoisotopic (exact) mass is 268 g/mol. The molecule has 0 amide bonds. The molecule has 1 saturated carbocycles. The molecule has 6 heteroatoms. The molecule has 3 rings (SSSR count). The van der Waals surface area contributed by atoms with Crippen molar-refractivity contribution < 1.29 is 12.3 Å². The van der Waals surface area contributed by atoms with Crippen LogP contribution in [0.15, 0.2) is 23.4 Å². The lowest BCUT2D eigenvalue weighted by Gasteiger charge is -2.01. The van der Waals surface area contributed by atoms with Crippen LogP contribution >= 0.6 is 0 Å². The van der Waals surface area contributed by atoms with Crippen LogP contribution in [0.25, 0.3) is 5.65 Å². The molecule has 0 bridgehead atoms. The van der Waals surface area contributed by atoms with Crippen molar-refractivity contribution in [1.82, 2.24) is 9.38 Å². The first-order valence-electron chi connectivity index (χ1n) is 5.97. The first-order chi connectivity index (χ1) is 8.52. The van der Waals surface area contributed by atoms with E-state index in [1.807, 2.05) is 13.0 Å². The zero-order valence-corrected chi connectivity index (χ0v) is 10.7. The SMILES string of the molecule is CCc1cccn2c(S(=O)(=O)F)c(C3CC3)nc12. The Labute approximate surface area is 105 Å². The molecule has 0 atom stereocenters. The van der Waals surface area contributed by atoms with Crippen LogP contribution in [-0.2, 0) is 16.6 Å². The smallest absolute Gasteiger partial charge is 0.288 e. The van der Waals surface area contributed by atoms with Crippen LogP contribution in [0.1, 0.15) is 36.9 Å². The van der Waals surface area contributed by atoms with E-state index < -0.39 is 10.2 Å². The number of hydrogen-bond donors (Lipinski definition) is 0. The van der Waals surface area contributed by atoms with Crippen molar-refractivity contribution in [2.24, 2.45) is 0 Å². The van der Waals surface area contributed by atoms with Gasteiger partial charge in [-0.25, -0.2) is 4.98 Å². The second-order valence-electron chi connectivity index (χ2n) is 4.59. The predicted octanol–water partition coefficient (Wildman–Crippen LogP) is 2.43. The summed E-state index contributed by atoms with van der Waals surface area (Å²) >= 11 is 0. The number of nitrogens with zero attached hydrogens (tertiary/aromatic N) is 2. The van der Waals surface area contributed by atoms with Crippen molar-refractivity contribution in [2.75, 3.05) is 0 Å². The fourth-order valence-corrected chi connectivity index (χ4v) is 3.11. The lowest BCUT2D eigenvalue weighted by Crippen LogP contribution is -2.01. The third-order valence-corrected chi connectivity index (χ3v) is 4.16. The highest BCUT2D eigenvalue weighted by Gasteiger charge is 2.35. The van der Waals surface area contributed by atoms with Crippen LogP contribution < -0.4 is 0 Å². The van der Waals surface area contributed by atoms with Crippen LogP contribution in [-0.4, -0.2) is 17.8 Å². The first-order valence-corrected chi connectivity index (χ1v) is 7.35. The van der Waals surface area contributed by atoms with Crippen molar-refractivity contribution in [3.8, 4) is 0 Å². The summed E-state index contributed by atoms with van der Waals surface area (Å²) in [5.41, 5.74) is 1.87. The predicted molar refractivity (Wildman–Crippen MR) is 64.8 cm³/mol. The normalized spacial score (nSPS) is 16.3. The maximum atomic E-state index is 13.5. The summed E-state index contributed by atoms with van der Waals surface area (Å²) < 4.78 is 37.5. The number of hydrogen-bond acceptors (Lipinski definition) is 3. The Balaban J connectivity index is 2.40. The molecular formula is C12H13FN2O2S. The summed E-state index contributed by atoms with van der Waals surface area (Å²) in [4.78, 5) is 4.36. The first kappa shape index (κ1) is 11.6. The Hall–Kier alpha value is -1.43. The Morgan fingerprint density at radius 1 is 1.50 bits per heavy atom. The highest BCUT2D eigenvalue weighted by Crippen LogP contribution is 2.43. The molecule has 0 unspecified atom stereocenters. The van der Waals surface area contributed by atoms with Crippen molar-refractivity contribution in [2.45, 2.75) is 37.1 Å². The van der Waals surface area contributed by atoms with Crippen LogP contribution in [0.5, 0.6) is 0 Å². The molecule has 2 aromatic rings. The summed E-state index contributed by atoms with van der Waals surface area (Å²) in [6.07, 6.45) is 4.05. The van der Waals surface area contributed by atoms with Gasteiger partial charge in [0.25, 0.3) is 0 Å². The van der Waals surface area contributed by atoms with Crippen molar-refractivity contribution in [3.63, 3.8) is 0 Å². The molecule has 2 heterocycles. The van der Waals surface area contributed by atoms with E-state index >= 15 is 0 Å². The zero-order chi connectivity index (χ0) is 12.9. The quantitative estimate of drug-likeness (QED) is 0.803. The van der Waals surface area contributed by atoms with Gasteiger partial charge in [0.2, 0.25) is 0 Å². The highest BCUT2D eigenvalue weighted by atomic mass is 32.3. The molecule has 0 saturated heterocycles. The Morgan fingerprint density at radius 2 is 2.22 bits per heavy atom. The zero-order valence-electron chi connectivity index (χ0n) is 9.93. The van der Waals surface area contributed by atoms with E-state index in [-0.39, 0.29) is 10.9 Å². The number of fused-ring (bicyclic) bond motifs is 1. The molecule has 0 aromatic carbocycles. The van der Waals surface area contributed by atoms with E-state index in [2.05, 4.69) is 4.98 Å². The lowest BCUT2D eigenvalue weighted by atomic mass is 10.2. The summed E-state index contributed by atoms with van der Waals surface area (Å²) in [6, 6.07) is 3.60. The number of imidazole rings is 1. The molecule has 4 nitrogen and oxygen atoms in total. The van der Waals surface area contributed by atoms with Gasteiger partial charge in [-0.15, -0.1) is 0 Å². The lowest BCUT2D eigenvalue weighted by molar-refractivity contribution is 0.544. The standard InChI is InChI=1S/C12H13FN2O2S/c1-2-8-4-3-7-15-11(8)14-10(9-5-6-9)12(15)18(13,16)17/h3-4,7,9H,2,5-6H2,1H3. The van der Waals surface area contributed by atoms with E-state index in [9.17, 15) is 12.3 Å². The topological polar surface area (TPSA) is 51.4 Å². The molecule has 0 N–H and O–H groups in total. The van der Waals surface area contributed by atoms with Crippen LogP contribution in [0.3, 0.4) is 0 Å². The Morgan fingerprint density at radius 3 is 2.78 bits per heavy atom. The second-order valence-corrected chi connectivity index (χ2v) is 5.86. The fourth-order valence-electron chi connectivity index (χ4n) is 2.26. The van der Waals surface area contributed by atoms with Gasteiger partial charge in [0.15, 0.2) is 5.03 Å². The van der Waals surface area contributed by atoms with Crippen molar-refractivity contribution in [3.05, 3.63) is 29.6 Å². The number of aryl methyl sites for hydroxylation is 1. The van der Waals surface area contributed by atoms with Crippen molar-refractivity contribution >= 4 is 15.9 Å². The minimum Gasteiger partial charge on any atom is -0.288 e. The number of pyridine rings is 1. The summed E-state index contributed by atoms with van der Waals surface area (Å²) in [5.74, 6) is 0.0927. The number of halogens is 1. The summed E-state index contributed by atoms with van der Waals surface area (Å²) in [7, 11) is -4.75. The average molecular weight is 268 g/mol. The molecule has 0 radical (unpaired) electrons. The molecule has 0 aliphatic heterocycles. The maximum Gasteiger partial charge on any atom is 0.350 e. The third-order valence-electron chi connectivity index (χ3n) is 3.29. The van der Waals surface area contributed by atoms with Crippen LogP contribution in [0.4, 0.5) is 3.89 Å². The third kappa shape index (κ3) is 1.71. The fraction of sp³-hybridized carbons (Fsp3) is 0.417. The average Bonchev–Trinajstić information content (AvgIpc) is 3.06. The molecule has 96 valence electrons. The second kappa shape index (κ2) is 3.78. The van der Waals surface area contributed by atoms with Gasteiger partial charge in [-0.2, -0.15) is 8.42 Å². The number of aromatic nitrogens is 2. The summed E-state index contributed by atoms with van der Waals surface area (Å²) in [5, 5.41) is -0.282. The minimum atomic E-state index is -4.75. The van der Waals surface area contributed by atoms with Crippen LogP contribution in [0, 0.1) is 0 Å². The van der Waals surface area contributed by atoms with Gasteiger partial charge in [0.1, 0.15) is 5.65 Å². The van der Waals surface area contributed by atoms with E-state index in [0.29, 0.717) is 11.3 Å². The highest BCUT2D eigenvalue weighted by molar-refractivity contribution is 7.86. The van der Waals surface area contributed by atoms with Gasteiger partial charge in [-0.3, -0.25) is 4.40 Å². The summed E-state index contributed by atoms with van der Waals surface area (Å²) in [6.45, 7) is 1.96. The Kier molecular flexibility index (Phi) is 2.45. The van der Waals surface area contributed by atoms with Crippen molar-refractivity contribution in [1.29, 1.82) is 0 Å². The Bertz CT molecular complexity index is 717. The van der Waals surface area contributed by atoms with E-state index in [4.69, 9.17) is 0 Å². The molecule has 1 aliphatic rings. The van der Waals surface area contributed by atoms with Gasteiger partial charge in [0.05, 0.1) is 5.69 Å². The molecule has 1 fully saturated rings. The number of rotatable bonds is 3. The van der Waals surface area contributed by atoms with E-state index in [0.717, 1.165) is 24.8 Å². The van der Waals surface area contributed by atoms with E-state index in [1.54, 1.807) is 12.3 Å². The molecule has 1 aliphatic carbocycles. The minimum absolute atomic E-state index is 0.0927. The van der Waals surface area contributed by atoms with E-state index in [1.165, 1.54) is 4.40 Å².